The third-order valence-electron chi connectivity index (χ3n) is 5.91. The summed E-state index contributed by atoms with van der Waals surface area (Å²) >= 11 is 2.26. The lowest BCUT2D eigenvalue weighted by Gasteiger charge is -2.39. The van der Waals surface area contributed by atoms with Crippen molar-refractivity contribution in [3.05, 3.63) is 27.1 Å². The van der Waals surface area contributed by atoms with Crippen molar-refractivity contribution in [2.75, 3.05) is 0 Å². The molecule has 0 amide bonds. The van der Waals surface area contributed by atoms with Crippen LogP contribution in [0, 0.1) is 27.1 Å². The molecule has 4 heteroatoms. The number of halogens is 2. The minimum absolute atomic E-state index is 0.157. The van der Waals surface area contributed by atoms with Gasteiger partial charge >= 0.3 is 0 Å². The van der Waals surface area contributed by atoms with Crippen molar-refractivity contribution in [1.82, 2.24) is 4.90 Å². The highest BCUT2D eigenvalue weighted by Crippen LogP contribution is 2.50. The van der Waals surface area contributed by atoms with Crippen molar-refractivity contribution >= 4 is 34.1 Å². The number of fused-ring (bicyclic) bond motifs is 1. The fraction of sp³-hybridized carbons (Fsp3) is 0.588. The van der Waals surface area contributed by atoms with E-state index in [1.807, 2.05) is 0 Å². The van der Waals surface area contributed by atoms with E-state index < -0.39 is 0 Å². The molecule has 5 aliphatic rings. The van der Waals surface area contributed by atoms with E-state index >= 15 is 0 Å². The summed E-state index contributed by atoms with van der Waals surface area (Å²) in [6, 6.07) is 3.94. The summed E-state index contributed by atoms with van der Waals surface area (Å²) < 4.78 is 14.7. The smallest absolute Gasteiger partial charge is 0.126 e. The van der Waals surface area contributed by atoms with E-state index in [0.717, 1.165) is 27.6 Å². The van der Waals surface area contributed by atoms with Crippen LogP contribution in [0.4, 0.5) is 10.1 Å². The SMILES string of the molecule is Fc1cc(I)c2c(c1)N=C1C3CC4CC(C3)CC(C4)N1C2. The largest absolute Gasteiger partial charge is 0.352 e. The first-order chi connectivity index (χ1) is 10.2. The lowest BCUT2D eigenvalue weighted by Crippen LogP contribution is -2.42. The first-order valence-corrected chi connectivity index (χ1v) is 9.08. The summed E-state index contributed by atoms with van der Waals surface area (Å²) in [7, 11) is 0. The van der Waals surface area contributed by atoms with Gasteiger partial charge in [0, 0.05) is 27.6 Å². The molecule has 1 aromatic carbocycles. The first-order valence-electron chi connectivity index (χ1n) is 8.00. The number of hydrogen-bond donors (Lipinski definition) is 0. The van der Waals surface area contributed by atoms with Gasteiger partial charge in [0.05, 0.1) is 5.69 Å². The zero-order valence-electron chi connectivity index (χ0n) is 11.9. The van der Waals surface area contributed by atoms with Gasteiger partial charge in [-0.1, -0.05) is 0 Å². The Labute approximate surface area is 138 Å². The molecule has 0 aromatic heterocycles. The molecule has 2 saturated carbocycles. The Morgan fingerprint density at radius 2 is 1.86 bits per heavy atom. The molecule has 4 fully saturated rings. The Balaban J connectivity index is 1.66. The van der Waals surface area contributed by atoms with Crippen LogP contribution in [0.1, 0.15) is 37.7 Å². The molecule has 3 aliphatic heterocycles. The Morgan fingerprint density at radius 1 is 1.10 bits per heavy atom. The topological polar surface area (TPSA) is 15.6 Å². The summed E-state index contributed by atoms with van der Waals surface area (Å²) in [5, 5.41) is 0. The van der Waals surface area contributed by atoms with Gasteiger partial charge in [0.25, 0.3) is 0 Å². The van der Waals surface area contributed by atoms with Gasteiger partial charge in [-0.05, 0) is 78.7 Å². The lowest BCUT2D eigenvalue weighted by molar-refractivity contribution is 0.128. The van der Waals surface area contributed by atoms with E-state index in [-0.39, 0.29) is 5.82 Å². The zero-order valence-corrected chi connectivity index (χ0v) is 14.0. The molecule has 3 heterocycles. The van der Waals surface area contributed by atoms with Crippen LogP contribution in [0.3, 0.4) is 0 Å². The van der Waals surface area contributed by atoms with Crippen molar-refractivity contribution in [3.8, 4) is 0 Å². The van der Waals surface area contributed by atoms with Crippen LogP contribution in [-0.4, -0.2) is 16.8 Å². The second kappa shape index (κ2) is 4.43. The van der Waals surface area contributed by atoms with Gasteiger partial charge in [0.2, 0.25) is 0 Å². The highest BCUT2D eigenvalue weighted by atomic mass is 127. The molecule has 4 bridgehead atoms. The molecule has 1 aromatic rings. The molecule has 2 aliphatic carbocycles. The molecule has 0 radical (unpaired) electrons. The van der Waals surface area contributed by atoms with Gasteiger partial charge in [-0.2, -0.15) is 0 Å². The number of amidine groups is 1. The zero-order chi connectivity index (χ0) is 14.1. The van der Waals surface area contributed by atoms with E-state index in [1.54, 1.807) is 12.1 Å². The second-order valence-corrected chi connectivity index (χ2v) is 8.41. The Hall–Kier alpha value is -0.650. The fourth-order valence-corrected chi connectivity index (χ4v) is 5.95. The van der Waals surface area contributed by atoms with Crippen LogP contribution < -0.4 is 0 Å². The van der Waals surface area contributed by atoms with Crippen LogP contribution in [0.15, 0.2) is 17.1 Å². The molecule has 0 spiro atoms. The Kier molecular flexibility index (Phi) is 2.71. The summed E-state index contributed by atoms with van der Waals surface area (Å²) in [5.74, 6) is 3.55. The van der Waals surface area contributed by atoms with E-state index in [1.165, 1.54) is 43.5 Å². The molecule has 2 saturated heterocycles. The van der Waals surface area contributed by atoms with Crippen LogP contribution in [0.2, 0.25) is 0 Å². The van der Waals surface area contributed by atoms with Gasteiger partial charge in [-0.15, -0.1) is 0 Å². The maximum atomic E-state index is 13.7. The van der Waals surface area contributed by atoms with Gasteiger partial charge in [0.1, 0.15) is 11.7 Å². The predicted octanol–water partition coefficient (Wildman–Crippen LogP) is 4.48. The summed E-state index contributed by atoms with van der Waals surface area (Å²) in [5.41, 5.74) is 2.11. The number of hydrogen-bond acceptors (Lipinski definition) is 2. The minimum atomic E-state index is -0.157. The van der Waals surface area contributed by atoms with Gasteiger partial charge < -0.3 is 4.90 Å². The summed E-state index contributed by atoms with van der Waals surface area (Å²) in [4.78, 5) is 7.52. The second-order valence-electron chi connectivity index (χ2n) is 7.24. The maximum absolute atomic E-state index is 13.7. The molecule has 110 valence electrons. The van der Waals surface area contributed by atoms with E-state index in [4.69, 9.17) is 4.99 Å². The normalized spacial score (nSPS) is 36.1. The highest BCUT2D eigenvalue weighted by Gasteiger charge is 2.46. The maximum Gasteiger partial charge on any atom is 0.126 e. The molecular weight excluding hydrogens is 378 g/mol. The van der Waals surface area contributed by atoms with Crippen LogP contribution in [0.25, 0.3) is 0 Å². The van der Waals surface area contributed by atoms with Gasteiger partial charge in [0.15, 0.2) is 0 Å². The number of rotatable bonds is 0. The quantitative estimate of drug-likeness (QED) is 0.591. The average molecular weight is 396 g/mol. The molecule has 2 atom stereocenters. The molecule has 0 N–H and O–H groups in total. The van der Waals surface area contributed by atoms with Gasteiger partial charge in [-0.3, -0.25) is 0 Å². The fourth-order valence-electron chi connectivity index (χ4n) is 5.21. The number of nitrogens with zero attached hydrogens (tertiary/aromatic N) is 2. The third-order valence-corrected chi connectivity index (χ3v) is 6.88. The van der Waals surface area contributed by atoms with Crippen molar-refractivity contribution in [2.24, 2.45) is 22.7 Å². The average Bonchev–Trinajstić information content (AvgIpc) is 2.59. The first kappa shape index (κ1) is 12.9. The molecular formula is C17H18FIN2. The molecule has 2 nitrogen and oxygen atoms in total. The third kappa shape index (κ3) is 1.90. The molecule has 21 heavy (non-hydrogen) atoms. The van der Waals surface area contributed by atoms with Crippen LogP contribution >= 0.6 is 22.6 Å². The number of benzene rings is 1. The van der Waals surface area contributed by atoms with Crippen LogP contribution in [0.5, 0.6) is 0 Å². The minimum Gasteiger partial charge on any atom is -0.352 e. The van der Waals surface area contributed by atoms with E-state index in [0.29, 0.717) is 12.0 Å². The van der Waals surface area contributed by atoms with Crippen LogP contribution in [-0.2, 0) is 6.54 Å². The standard InChI is InChI=1S/C17H18FIN2/c18-12-6-15(19)14-8-21-13-4-9-1-10(5-13)3-11(2-9)17(21)20-16(14)7-12/h6-7,9-11,13H,1-5,8H2. The predicted molar refractivity (Wildman–Crippen MR) is 89.1 cm³/mol. The highest BCUT2D eigenvalue weighted by molar-refractivity contribution is 14.1. The van der Waals surface area contributed by atoms with E-state index in [2.05, 4.69) is 27.5 Å². The molecule has 2 unspecified atom stereocenters. The van der Waals surface area contributed by atoms with Crippen molar-refractivity contribution < 1.29 is 4.39 Å². The lowest BCUT2D eigenvalue weighted by atomic mass is 9.68. The van der Waals surface area contributed by atoms with E-state index in [9.17, 15) is 4.39 Å². The van der Waals surface area contributed by atoms with Crippen molar-refractivity contribution in [1.29, 1.82) is 0 Å². The Bertz CT molecular complexity index is 642. The molecule has 6 rings (SSSR count). The van der Waals surface area contributed by atoms with Gasteiger partial charge in [-0.25, -0.2) is 9.38 Å². The summed E-state index contributed by atoms with van der Waals surface area (Å²) in [6.45, 7) is 0.938. The summed E-state index contributed by atoms with van der Waals surface area (Å²) in [6.07, 6.45) is 6.75. The Morgan fingerprint density at radius 3 is 2.62 bits per heavy atom. The van der Waals surface area contributed by atoms with Crippen molar-refractivity contribution in [3.63, 3.8) is 0 Å². The van der Waals surface area contributed by atoms with Crippen molar-refractivity contribution in [2.45, 2.75) is 44.7 Å². The monoisotopic (exact) mass is 396 g/mol. The number of aliphatic imine (C=N–C) groups is 1.